The predicted octanol–water partition coefficient (Wildman–Crippen LogP) is 6.07. The van der Waals surface area contributed by atoms with Gasteiger partial charge in [0.05, 0.1) is 20.5 Å². The minimum atomic E-state index is -0.861. The fourth-order valence-electron chi connectivity index (χ4n) is 3.67. The molecule has 0 amide bonds. The number of halogens is 1. The Morgan fingerprint density at radius 1 is 0.974 bits per heavy atom. The quantitative estimate of drug-likeness (QED) is 0.0870. The van der Waals surface area contributed by atoms with E-state index in [2.05, 4.69) is 10.3 Å². The minimum absolute atomic E-state index is 0.199. The van der Waals surface area contributed by atoms with Gasteiger partial charge in [-0.2, -0.15) is 0 Å². The molecular weight excluding hydrogens is 503 g/mol. The molecule has 8 nitrogen and oxygen atoms in total. The SMILES string of the molecule is CCC=NOC(C(=NOC)c1ccc(OCc2ccc(F)cc2)cc1)c1ccccc1C(=COC)C(=O)OC. The lowest BCUT2D eigenvalue weighted by Crippen LogP contribution is -2.19. The molecular formula is C30H31FN2O6. The normalized spacial score (nSPS) is 12.6. The van der Waals surface area contributed by atoms with Crippen LogP contribution in [-0.2, 0) is 30.6 Å². The molecule has 0 aliphatic carbocycles. The van der Waals surface area contributed by atoms with Gasteiger partial charge in [-0.3, -0.25) is 0 Å². The molecule has 3 aromatic carbocycles. The summed E-state index contributed by atoms with van der Waals surface area (Å²) in [5.74, 6) is -0.267. The molecule has 0 aliphatic heterocycles. The van der Waals surface area contributed by atoms with Crippen LogP contribution in [0.4, 0.5) is 4.39 Å². The lowest BCUT2D eigenvalue weighted by molar-refractivity contribution is -0.133. The van der Waals surface area contributed by atoms with Crippen LogP contribution in [0.15, 0.2) is 89.4 Å². The Bertz CT molecular complexity index is 1300. The number of nitrogens with zero attached hydrogens (tertiary/aromatic N) is 2. The second-order valence-corrected chi connectivity index (χ2v) is 8.13. The third-order valence-electron chi connectivity index (χ3n) is 5.50. The molecule has 0 bridgehead atoms. The third-order valence-corrected chi connectivity index (χ3v) is 5.50. The highest BCUT2D eigenvalue weighted by atomic mass is 19.1. The number of benzene rings is 3. The maximum absolute atomic E-state index is 13.2. The number of ether oxygens (including phenoxy) is 3. The van der Waals surface area contributed by atoms with Crippen LogP contribution < -0.4 is 4.74 Å². The topological polar surface area (TPSA) is 87.9 Å². The molecule has 0 heterocycles. The fourth-order valence-corrected chi connectivity index (χ4v) is 3.67. The standard InChI is InChI=1S/C30H31FN2O6/c1-5-18-32-39-29(26-9-7-6-8-25(26)27(20-35-2)30(34)36-3)28(33-37-4)22-12-16-24(17-13-22)38-19-21-10-14-23(31)15-11-21/h6-18,20,29H,5,19H2,1-4H3. The van der Waals surface area contributed by atoms with Crippen LogP contribution in [0, 0.1) is 5.82 Å². The van der Waals surface area contributed by atoms with Crippen molar-refractivity contribution in [2.75, 3.05) is 21.3 Å². The molecule has 0 fully saturated rings. The van der Waals surface area contributed by atoms with E-state index in [9.17, 15) is 9.18 Å². The van der Waals surface area contributed by atoms with E-state index in [0.29, 0.717) is 34.6 Å². The van der Waals surface area contributed by atoms with Gasteiger partial charge < -0.3 is 23.9 Å². The second kappa shape index (κ2) is 14.9. The number of rotatable bonds is 13. The van der Waals surface area contributed by atoms with E-state index in [1.807, 2.05) is 25.1 Å². The number of oxime groups is 2. The summed E-state index contributed by atoms with van der Waals surface area (Å²) in [6.45, 7) is 2.22. The highest BCUT2D eigenvalue weighted by Crippen LogP contribution is 2.32. The Kier molecular flexibility index (Phi) is 11.1. The first-order valence-corrected chi connectivity index (χ1v) is 12.2. The summed E-state index contributed by atoms with van der Waals surface area (Å²) in [7, 11) is 4.18. The molecule has 3 aromatic rings. The highest BCUT2D eigenvalue weighted by molar-refractivity contribution is 6.17. The monoisotopic (exact) mass is 534 g/mol. The molecule has 1 atom stereocenters. The highest BCUT2D eigenvalue weighted by Gasteiger charge is 2.29. The fraction of sp³-hybridized carbons (Fsp3) is 0.233. The number of carbonyl (C=O) groups is 1. The van der Waals surface area contributed by atoms with E-state index >= 15 is 0 Å². The van der Waals surface area contributed by atoms with Crippen molar-refractivity contribution in [1.82, 2.24) is 0 Å². The molecule has 204 valence electrons. The molecule has 0 saturated carbocycles. The second-order valence-electron chi connectivity index (χ2n) is 8.13. The number of esters is 1. The number of hydrogen-bond donors (Lipinski definition) is 0. The van der Waals surface area contributed by atoms with Gasteiger partial charge in [-0.1, -0.05) is 53.6 Å². The van der Waals surface area contributed by atoms with Crippen molar-refractivity contribution in [3.05, 3.63) is 107 Å². The average Bonchev–Trinajstić information content (AvgIpc) is 2.97. The van der Waals surface area contributed by atoms with E-state index in [4.69, 9.17) is 23.9 Å². The van der Waals surface area contributed by atoms with Crippen LogP contribution >= 0.6 is 0 Å². The first-order valence-electron chi connectivity index (χ1n) is 12.2. The smallest absolute Gasteiger partial charge is 0.341 e. The van der Waals surface area contributed by atoms with Gasteiger partial charge in [-0.25, -0.2) is 9.18 Å². The van der Waals surface area contributed by atoms with Gasteiger partial charge in [-0.15, -0.1) is 0 Å². The Morgan fingerprint density at radius 2 is 1.69 bits per heavy atom. The average molecular weight is 535 g/mol. The summed E-state index contributed by atoms with van der Waals surface area (Å²) in [5.41, 5.74) is 3.23. The summed E-state index contributed by atoms with van der Waals surface area (Å²) >= 11 is 0. The summed E-state index contributed by atoms with van der Waals surface area (Å²) in [4.78, 5) is 23.7. The lowest BCUT2D eigenvalue weighted by atomic mass is 9.92. The number of hydrogen-bond acceptors (Lipinski definition) is 8. The van der Waals surface area contributed by atoms with E-state index in [0.717, 1.165) is 5.56 Å². The van der Waals surface area contributed by atoms with Gasteiger partial charge in [0, 0.05) is 17.3 Å². The van der Waals surface area contributed by atoms with Crippen molar-refractivity contribution in [1.29, 1.82) is 0 Å². The maximum Gasteiger partial charge on any atom is 0.341 e. The molecule has 0 aliphatic rings. The molecule has 9 heteroatoms. The lowest BCUT2D eigenvalue weighted by Gasteiger charge is -2.21. The Balaban J connectivity index is 1.99. The summed E-state index contributed by atoms with van der Waals surface area (Å²) in [6.07, 6.45) is 2.73. The van der Waals surface area contributed by atoms with Crippen molar-refractivity contribution >= 4 is 23.5 Å². The van der Waals surface area contributed by atoms with Crippen molar-refractivity contribution < 1.29 is 33.1 Å². The maximum atomic E-state index is 13.2. The van der Waals surface area contributed by atoms with Gasteiger partial charge in [0.1, 0.15) is 36.6 Å². The first-order chi connectivity index (χ1) is 19.0. The molecule has 1 unspecified atom stereocenters. The van der Waals surface area contributed by atoms with Crippen LogP contribution in [0.3, 0.4) is 0 Å². The molecule has 0 spiro atoms. The van der Waals surface area contributed by atoms with Crippen molar-refractivity contribution in [3.8, 4) is 5.75 Å². The van der Waals surface area contributed by atoms with Gasteiger partial charge in [0.2, 0.25) is 0 Å². The predicted molar refractivity (Wildman–Crippen MR) is 147 cm³/mol. The van der Waals surface area contributed by atoms with Crippen LogP contribution in [0.25, 0.3) is 5.57 Å². The summed E-state index contributed by atoms with van der Waals surface area (Å²) in [6, 6.07) is 20.5. The Morgan fingerprint density at radius 3 is 2.33 bits per heavy atom. The third kappa shape index (κ3) is 7.91. The molecule has 3 rings (SSSR count). The van der Waals surface area contributed by atoms with E-state index in [-0.39, 0.29) is 18.0 Å². The molecule has 39 heavy (non-hydrogen) atoms. The molecule has 0 saturated heterocycles. The van der Waals surface area contributed by atoms with Crippen LogP contribution in [0.1, 0.15) is 41.7 Å². The van der Waals surface area contributed by atoms with Gasteiger partial charge in [-0.05, 0) is 53.9 Å². The van der Waals surface area contributed by atoms with E-state index in [1.54, 1.807) is 48.7 Å². The molecule has 0 radical (unpaired) electrons. The Labute approximate surface area is 227 Å². The Hall–Kier alpha value is -4.66. The van der Waals surface area contributed by atoms with Gasteiger partial charge in [0.15, 0.2) is 6.10 Å². The van der Waals surface area contributed by atoms with Crippen LogP contribution in [0.2, 0.25) is 0 Å². The zero-order valence-electron chi connectivity index (χ0n) is 22.3. The van der Waals surface area contributed by atoms with Gasteiger partial charge in [0.25, 0.3) is 0 Å². The first kappa shape index (κ1) is 28.9. The minimum Gasteiger partial charge on any atom is -0.503 e. The van der Waals surface area contributed by atoms with Crippen molar-refractivity contribution in [3.63, 3.8) is 0 Å². The van der Waals surface area contributed by atoms with E-state index < -0.39 is 12.1 Å². The zero-order valence-corrected chi connectivity index (χ0v) is 22.3. The number of methoxy groups -OCH3 is 2. The van der Waals surface area contributed by atoms with Crippen LogP contribution in [0.5, 0.6) is 5.75 Å². The number of carbonyl (C=O) groups excluding carboxylic acids is 1. The van der Waals surface area contributed by atoms with Gasteiger partial charge >= 0.3 is 5.97 Å². The van der Waals surface area contributed by atoms with Crippen molar-refractivity contribution in [2.24, 2.45) is 10.3 Å². The summed E-state index contributed by atoms with van der Waals surface area (Å²) < 4.78 is 29.2. The summed E-state index contributed by atoms with van der Waals surface area (Å²) in [5, 5.41) is 8.38. The molecule has 0 N–H and O–H groups in total. The van der Waals surface area contributed by atoms with Crippen LogP contribution in [-0.4, -0.2) is 39.2 Å². The molecule has 0 aromatic heterocycles. The van der Waals surface area contributed by atoms with Crippen molar-refractivity contribution in [2.45, 2.75) is 26.1 Å². The zero-order chi connectivity index (χ0) is 28.0. The van der Waals surface area contributed by atoms with E-state index in [1.165, 1.54) is 39.7 Å². The largest absolute Gasteiger partial charge is 0.503 e.